The van der Waals surface area contributed by atoms with Gasteiger partial charge < -0.3 is 19.9 Å². The molecule has 0 aliphatic rings. The van der Waals surface area contributed by atoms with Crippen LogP contribution in [-0.4, -0.2) is 45.4 Å². The normalized spacial score (nSPS) is 10.8. The van der Waals surface area contributed by atoms with E-state index in [-0.39, 0.29) is 12.5 Å². The Bertz CT molecular complexity index is 1250. The van der Waals surface area contributed by atoms with Crippen molar-refractivity contribution in [1.29, 1.82) is 0 Å². The first kappa shape index (κ1) is 20.3. The first-order valence-electron chi connectivity index (χ1n) is 9.48. The van der Waals surface area contributed by atoms with E-state index in [0.717, 1.165) is 16.6 Å². The lowest BCUT2D eigenvalue weighted by molar-refractivity contribution is 0.102. The molecule has 3 heterocycles. The quantitative estimate of drug-likeness (QED) is 0.439. The first-order chi connectivity index (χ1) is 15.0. The monoisotopic (exact) mass is 419 g/mol. The van der Waals surface area contributed by atoms with Crippen molar-refractivity contribution in [3.63, 3.8) is 0 Å². The Morgan fingerprint density at radius 2 is 1.87 bits per heavy atom. The number of methoxy groups -OCH3 is 2. The molecule has 9 heteroatoms. The zero-order chi connectivity index (χ0) is 22.0. The van der Waals surface area contributed by atoms with Gasteiger partial charge in [0.1, 0.15) is 11.5 Å². The molecular formula is C22H21N5O4. The van der Waals surface area contributed by atoms with Crippen molar-refractivity contribution in [2.24, 2.45) is 0 Å². The number of H-pyrrole nitrogens is 1. The average molecular weight is 419 g/mol. The number of hydrogen-bond donors (Lipinski definition) is 3. The zero-order valence-electron chi connectivity index (χ0n) is 17.3. The molecule has 31 heavy (non-hydrogen) atoms. The third-order valence-corrected chi connectivity index (χ3v) is 4.89. The largest absolute Gasteiger partial charge is 0.497 e. The molecule has 1 aromatic carbocycles. The number of carbonyl (C=O) groups excluding carboxylic acids is 1. The lowest BCUT2D eigenvalue weighted by atomic mass is 10.1. The van der Waals surface area contributed by atoms with Gasteiger partial charge in [-0.1, -0.05) is 0 Å². The number of aromatic nitrogens is 4. The van der Waals surface area contributed by atoms with Crippen LogP contribution in [0, 0.1) is 6.92 Å². The maximum atomic E-state index is 12.8. The van der Waals surface area contributed by atoms with Crippen LogP contribution in [0.15, 0.2) is 42.6 Å². The van der Waals surface area contributed by atoms with Crippen molar-refractivity contribution in [3.8, 4) is 22.8 Å². The van der Waals surface area contributed by atoms with E-state index in [1.165, 1.54) is 14.2 Å². The number of carbonyl (C=O) groups is 1. The van der Waals surface area contributed by atoms with E-state index in [9.17, 15) is 9.90 Å². The molecule has 0 saturated carbocycles. The highest BCUT2D eigenvalue weighted by atomic mass is 16.5. The van der Waals surface area contributed by atoms with Gasteiger partial charge in [0.15, 0.2) is 5.65 Å². The predicted molar refractivity (Wildman–Crippen MR) is 115 cm³/mol. The van der Waals surface area contributed by atoms with Crippen LogP contribution in [0.5, 0.6) is 11.5 Å². The number of amides is 1. The van der Waals surface area contributed by atoms with E-state index >= 15 is 0 Å². The van der Waals surface area contributed by atoms with Crippen LogP contribution >= 0.6 is 0 Å². The SMILES string of the molecule is COc1cc(OC)cc(C(=O)Nc2cnc(C)c(-c3ccc4c(CO)[nH]nc4n3)c2)c1. The molecule has 0 radical (unpaired) electrons. The molecule has 0 atom stereocenters. The third kappa shape index (κ3) is 4.03. The Balaban J connectivity index is 1.65. The van der Waals surface area contributed by atoms with Crippen LogP contribution < -0.4 is 14.8 Å². The molecule has 4 aromatic rings. The lowest BCUT2D eigenvalue weighted by Gasteiger charge is -2.11. The number of hydrogen-bond acceptors (Lipinski definition) is 7. The summed E-state index contributed by atoms with van der Waals surface area (Å²) >= 11 is 0. The minimum Gasteiger partial charge on any atom is -0.497 e. The number of anilines is 1. The molecule has 0 aliphatic heterocycles. The lowest BCUT2D eigenvalue weighted by Crippen LogP contribution is -2.12. The highest BCUT2D eigenvalue weighted by Gasteiger charge is 2.14. The molecular weight excluding hydrogens is 398 g/mol. The van der Waals surface area contributed by atoms with Gasteiger partial charge in [0.05, 0.1) is 44.1 Å². The van der Waals surface area contributed by atoms with Crippen LogP contribution in [0.1, 0.15) is 21.7 Å². The number of aromatic amines is 1. The molecule has 9 nitrogen and oxygen atoms in total. The van der Waals surface area contributed by atoms with Crippen molar-refractivity contribution in [1.82, 2.24) is 20.2 Å². The summed E-state index contributed by atoms with van der Waals surface area (Å²) in [7, 11) is 3.05. The number of aliphatic hydroxyl groups is 1. The van der Waals surface area contributed by atoms with Crippen LogP contribution in [-0.2, 0) is 6.61 Å². The van der Waals surface area contributed by atoms with Crippen molar-refractivity contribution in [3.05, 3.63) is 59.5 Å². The zero-order valence-corrected chi connectivity index (χ0v) is 17.3. The Labute approximate surface area is 178 Å². The molecule has 1 amide bonds. The van der Waals surface area contributed by atoms with Crippen LogP contribution in [0.2, 0.25) is 0 Å². The van der Waals surface area contributed by atoms with Gasteiger partial charge in [-0.15, -0.1) is 0 Å². The van der Waals surface area contributed by atoms with Gasteiger partial charge in [-0.05, 0) is 37.3 Å². The van der Waals surface area contributed by atoms with Crippen molar-refractivity contribution >= 4 is 22.6 Å². The third-order valence-electron chi connectivity index (χ3n) is 4.89. The van der Waals surface area contributed by atoms with Crippen LogP contribution in [0.4, 0.5) is 5.69 Å². The average Bonchev–Trinajstić information content (AvgIpc) is 3.22. The molecule has 3 N–H and O–H groups in total. The van der Waals surface area contributed by atoms with E-state index in [1.807, 2.05) is 25.1 Å². The molecule has 0 fully saturated rings. The number of fused-ring (bicyclic) bond motifs is 1. The standard InChI is InChI=1S/C22H21N5O4/c1-12-18(19-5-4-17-20(11-28)26-27-21(17)25-19)8-14(10-23-12)24-22(29)13-6-15(30-2)9-16(7-13)31-3/h4-10,28H,11H2,1-3H3,(H,24,29)(H,25,26,27). The number of rotatable bonds is 6. The van der Waals surface area contributed by atoms with E-state index in [4.69, 9.17) is 9.47 Å². The van der Waals surface area contributed by atoms with Crippen molar-refractivity contribution < 1.29 is 19.4 Å². The van der Waals surface area contributed by atoms with Gasteiger partial charge in [0, 0.05) is 28.3 Å². The molecule has 0 bridgehead atoms. The van der Waals surface area contributed by atoms with Crippen LogP contribution in [0.25, 0.3) is 22.3 Å². The van der Waals surface area contributed by atoms with Gasteiger partial charge in [-0.2, -0.15) is 5.10 Å². The number of ether oxygens (including phenoxy) is 2. The summed E-state index contributed by atoms with van der Waals surface area (Å²) in [5.74, 6) is 0.717. The topological polar surface area (TPSA) is 122 Å². The summed E-state index contributed by atoms with van der Waals surface area (Å²) in [6, 6.07) is 10.4. The van der Waals surface area contributed by atoms with Crippen molar-refractivity contribution in [2.45, 2.75) is 13.5 Å². The summed E-state index contributed by atoms with van der Waals surface area (Å²) in [5.41, 5.74) is 4.20. The molecule has 0 saturated heterocycles. The Kier molecular flexibility index (Phi) is 5.50. The number of benzene rings is 1. The van der Waals surface area contributed by atoms with Gasteiger partial charge in [-0.3, -0.25) is 14.9 Å². The molecule has 158 valence electrons. The smallest absolute Gasteiger partial charge is 0.255 e. The maximum absolute atomic E-state index is 12.8. The fraction of sp³-hybridized carbons (Fsp3) is 0.182. The first-order valence-corrected chi connectivity index (χ1v) is 9.48. The van der Waals surface area contributed by atoms with Gasteiger partial charge in [-0.25, -0.2) is 4.98 Å². The number of aliphatic hydroxyl groups excluding tert-OH is 1. The highest BCUT2D eigenvalue weighted by Crippen LogP contribution is 2.27. The minimum absolute atomic E-state index is 0.144. The second-order valence-corrected chi connectivity index (χ2v) is 6.84. The summed E-state index contributed by atoms with van der Waals surface area (Å²) in [4.78, 5) is 21.7. The number of nitrogens with one attached hydrogen (secondary N) is 2. The van der Waals surface area contributed by atoms with Gasteiger partial charge in [0.2, 0.25) is 0 Å². The summed E-state index contributed by atoms with van der Waals surface area (Å²) < 4.78 is 10.5. The Morgan fingerprint density at radius 3 is 2.55 bits per heavy atom. The fourth-order valence-electron chi connectivity index (χ4n) is 3.22. The molecule has 0 unspecified atom stereocenters. The van der Waals surface area contributed by atoms with E-state index in [2.05, 4.69) is 25.5 Å². The summed E-state index contributed by atoms with van der Waals surface area (Å²) in [6.45, 7) is 1.72. The number of nitrogens with zero attached hydrogens (tertiary/aromatic N) is 3. The Hall–Kier alpha value is -3.98. The molecule has 4 rings (SSSR count). The molecule has 3 aromatic heterocycles. The fourth-order valence-corrected chi connectivity index (χ4v) is 3.22. The summed E-state index contributed by atoms with van der Waals surface area (Å²) in [6.07, 6.45) is 1.59. The summed E-state index contributed by atoms with van der Waals surface area (Å²) in [5, 5.41) is 19.9. The van der Waals surface area contributed by atoms with Gasteiger partial charge in [0.25, 0.3) is 5.91 Å². The van der Waals surface area contributed by atoms with E-state index < -0.39 is 0 Å². The minimum atomic E-state index is -0.322. The van der Waals surface area contributed by atoms with Gasteiger partial charge >= 0.3 is 0 Å². The number of aryl methyl sites for hydroxylation is 1. The van der Waals surface area contributed by atoms with Crippen molar-refractivity contribution in [2.75, 3.05) is 19.5 Å². The maximum Gasteiger partial charge on any atom is 0.255 e. The Morgan fingerprint density at radius 1 is 1.13 bits per heavy atom. The highest BCUT2D eigenvalue weighted by molar-refractivity contribution is 6.05. The molecule has 0 aliphatic carbocycles. The number of pyridine rings is 2. The van der Waals surface area contributed by atoms with E-state index in [0.29, 0.717) is 39.8 Å². The second kappa shape index (κ2) is 8.41. The predicted octanol–water partition coefficient (Wildman–Crippen LogP) is 3.09. The van der Waals surface area contributed by atoms with Crippen LogP contribution in [0.3, 0.4) is 0 Å². The second-order valence-electron chi connectivity index (χ2n) is 6.84. The van der Waals surface area contributed by atoms with E-state index in [1.54, 1.807) is 24.4 Å². The molecule has 0 spiro atoms.